The fourth-order valence-corrected chi connectivity index (χ4v) is 3.48. The third kappa shape index (κ3) is 2.59. The van der Waals surface area contributed by atoms with Crippen molar-refractivity contribution >= 4 is 27.4 Å². The van der Waals surface area contributed by atoms with Gasteiger partial charge in [0.1, 0.15) is 4.88 Å². The van der Waals surface area contributed by atoms with Crippen molar-refractivity contribution in [1.29, 1.82) is 0 Å². The molecule has 4 rings (SSSR count). The van der Waals surface area contributed by atoms with Gasteiger partial charge in [-0.25, -0.2) is 4.79 Å². The molecule has 3 heterocycles. The number of fused-ring (bicyclic) bond motifs is 1. The van der Waals surface area contributed by atoms with Crippen molar-refractivity contribution in [2.45, 2.75) is 13.5 Å². The van der Waals surface area contributed by atoms with Crippen LogP contribution in [-0.2, 0) is 11.3 Å². The molecule has 24 heavy (non-hydrogen) atoms. The first kappa shape index (κ1) is 14.6. The number of thiophene rings is 1. The first-order chi connectivity index (χ1) is 11.7. The maximum absolute atomic E-state index is 12.3. The second-order valence-corrected chi connectivity index (χ2v) is 6.16. The highest BCUT2D eigenvalue weighted by Gasteiger charge is 2.18. The molecule has 7 heteroatoms. The zero-order valence-electron chi connectivity index (χ0n) is 12.7. The molecule has 0 saturated heterocycles. The summed E-state index contributed by atoms with van der Waals surface area (Å²) >= 11 is 1.41. The number of furan rings is 1. The van der Waals surface area contributed by atoms with E-state index in [9.17, 15) is 4.79 Å². The minimum atomic E-state index is -0.397. The number of hydrogen-bond donors (Lipinski definition) is 0. The summed E-state index contributed by atoms with van der Waals surface area (Å²) in [5.74, 6) is 0.546. The van der Waals surface area contributed by atoms with E-state index in [1.807, 2.05) is 31.2 Å². The highest BCUT2D eigenvalue weighted by Crippen LogP contribution is 2.31. The fourth-order valence-electron chi connectivity index (χ4n) is 2.37. The molecule has 3 aromatic heterocycles. The van der Waals surface area contributed by atoms with Crippen LogP contribution in [0.1, 0.15) is 21.1 Å². The van der Waals surface area contributed by atoms with Crippen molar-refractivity contribution in [2.24, 2.45) is 0 Å². The number of esters is 1. The van der Waals surface area contributed by atoms with Crippen LogP contribution >= 0.6 is 11.3 Å². The van der Waals surface area contributed by atoms with E-state index in [2.05, 4.69) is 10.2 Å². The van der Waals surface area contributed by atoms with Crippen molar-refractivity contribution in [3.63, 3.8) is 0 Å². The SMILES string of the molecule is Cc1c(C(=O)OCc2nnc(-c3ccco3)o2)sc2ccccc12. The summed E-state index contributed by atoms with van der Waals surface area (Å²) in [6, 6.07) is 11.3. The lowest BCUT2D eigenvalue weighted by Gasteiger charge is -2.00. The van der Waals surface area contributed by atoms with Crippen LogP contribution in [0.4, 0.5) is 0 Å². The Kier molecular flexibility index (Phi) is 3.62. The highest BCUT2D eigenvalue weighted by molar-refractivity contribution is 7.21. The van der Waals surface area contributed by atoms with Gasteiger partial charge >= 0.3 is 5.97 Å². The number of aryl methyl sites for hydroxylation is 1. The number of ether oxygens (including phenoxy) is 1. The summed E-state index contributed by atoms with van der Waals surface area (Å²) in [5, 5.41) is 8.78. The molecule has 0 bridgehead atoms. The van der Waals surface area contributed by atoms with Gasteiger partial charge in [0.15, 0.2) is 12.4 Å². The third-order valence-electron chi connectivity index (χ3n) is 3.55. The number of benzene rings is 1. The van der Waals surface area contributed by atoms with Crippen molar-refractivity contribution < 1.29 is 18.4 Å². The number of hydrogen-bond acceptors (Lipinski definition) is 7. The van der Waals surface area contributed by atoms with E-state index >= 15 is 0 Å². The molecule has 1 aromatic carbocycles. The fraction of sp³-hybridized carbons (Fsp3) is 0.118. The van der Waals surface area contributed by atoms with E-state index in [-0.39, 0.29) is 18.4 Å². The third-order valence-corrected chi connectivity index (χ3v) is 4.81. The predicted octanol–water partition coefficient (Wildman–Crippen LogP) is 4.21. The molecule has 0 N–H and O–H groups in total. The molecule has 0 radical (unpaired) electrons. The maximum atomic E-state index is 12.3. The Labute approximate surface area is 140 Å². The number of carbonyl (C=O) groups excluding carboxylic acids is 1. The largest absolute Gasteiger partial charge is 0.459 e. The standard InChI is InChI=1S/C17H12N2O4S/c1-10-11-5-2-3-7-13(11)24-15(10)17(20)22-9-14-18-19-16(23-14)12-6-4-8-21-12/h2-8H,9H2,1H3. The Bertz CT molecular complexity index is 1000. The average Bonchev–Trinajstić information content (AvgIpc) is 3.33. The normalized spacial score (nSPS) is 11.0. The van der Waals surface area contributed by atoms with Crippen LogP contribution < -0.4 is 0 Å². The van der Waals surface area contributed by atoms with Crippen LogP contribution in [0.15, 0.2) is 51.5 Å². The van der Waals surface area contributed by atoms with Crippen molar-refractivity contribution in [2.75, 3.05) is 0 Å². The summed E-state index contributed by atoms with van der Waals surface area (Å²) in [4.78, 5) is 12.9. The quantitative estimate of drug-likeness (QED) is 0.518. The van der Waals surface area contributed by atoms with Crippen molar-refractivity contribution in [3.8, 4) is 11.7 Å². The number of carbonyl (C=O) groups is 1. The highest BCUT2D eigenvalue weighted by atomic mass is 32.1. The summed E-state index contributed by atoms with van der Waals surface area (Å²) in [6.07, 6.45) is 1.52. The van der Waals surface area contributed by atoms with Gasteiger partial charge in [0.2, 0.25) is 0 Å². The van der Waals surface area contributed by atoms with E-state index in [1.165, 1.54) is 17.6 Å². The molecule has 0 saturated carbocycles. The second-order valence-electron chi connectivity index (χ2n) is 5.11. The second kappa shape index (κ2) is 5.93. The van der Waals surface area contributed by atoms with Gasteiger partial charge in [-0.1, -0.05) is 18.2 Å². The van der Waals surface area contributed by atoms with Crippen molar-refractivity contribution in [1.82, 2.24) is 10.2 Å². The molecule has 0 aliphatic heterocycles. The number of aromatic nitrogens is 2. The average molecular weight is 340 g/mol. The Morgan fingerprint density at radius 1 is 1.21 bits per heavy atom. The van der Waals surface area contributed by atoms with Gasteiger partial charge in [-0.15, -0.1) is 21.5 Å². The van der Waals surface area contributed by atoms with Gasteiger partial charge in [-0.2, -0.15) is 0 Å². The molecule has 0 unspecified atom stereocenters. The lowest BCUT2D eigenvalue weighted by molar-refractivity contribution is 0.0444. The summed E-state index contributed by atoms with van der Waals surface area (Å²) in [6.45, 7) is 1.83. The Balaban J connectivity index is 1.49. The Morgan fingerprint density at radius 2 is 2.08 bits per heavy atom. The summed E-state index contributed by atoms with van der Waals surface area (Å²) in [7, 11) is 0. The molecule has 0 amide bonds. The Hall–Kier alpha value is -2.93. The van der Waals surface area contributed by atoms with Crippen LogP contribution in [0.25, 0.3) is 21.7 Å². The smallest absolute Gasteiger partial charge is 0.349 e. The molecule has 0 spiro atoms. The van der Waals surface area contributed by atoms with E-state index in [4.69, 9.17) is 13.6 Å². The molecule has 0 fully saturated rings. The lowest BCUT2D eigenvalue weighted by Crippen LogP contribution is -2.04. The van der Waals surface area contributed by atoms with Crippen LogP contribution in [0.2, 0.25) is 0 Å². The van der Waals surface area contributed by atoms with Gasteiger partial charge in [0, 0.05) is 4.70 Å². The van der Waals surface area contributed by atoms with E-state index in [0.29, 0.717) is 10.6 Å². The lowest BCUT2D eigenvalue weighted by atomic mass is 10.1. The van der Waals surface area contributed by atoms with Crippen LogP contribution in [0.5, 0.6) is 0 Å². The van der Waals surface area contributed by atoms with Crippen LogP contribution in [-0.4, -0.2) is 16.2 Å². The minimum absolute atomic E-state index is 0.0831. The molecular weight excluding hydrogens is 328 g/mol. The molecule has 0 atom stereocenters. The van der Waals surface area contributed by atoms with Crippen LogP contribution in [0.3, 0.4) is 0 Å². The minimum Gasteiger partial charge on any atom is -0.459 e. The molecule has 4 aromatic rings. The molecule has 0 aliphatic rings. The number of rotatable bonds is 4. The monoisotopic (exact) mass is 340 g/mol. The Morgan fingerprint density at radius 3 is 2.88 bits per heavy atom. The molecule has 0 aliphatic carbocycles. The van der Waals surface area contributed by atoms with Gasteiger partial charge in [0.05, 0.1) is 6.26 Å². The zero-order chi connectivity index (χ0) is 16.5. The van der Waals surface area contributed by atoms with Crippen LogP contribution in [0, 0.1) is 6.92 Å². The van der Waals surface area contributed by atoms with E-state index < -0.39 is 5.97 Å². The summed E-state index contributed by atoms with van der Waals surface area (Å²) in [5.41, 5.74) is 0.919. The molecule has 120 valence electrons. The van der Waals surface area contributed by atoms with Gasteiger partial charge < -0.3 is 13.6 Å². The maximum Gasteiger partial charge on any atom is 0.349 e. The topological polar surface area (TPSA) is 78.4 Å². The van der Waals surface area contributed by atoms with Crippen molar-refractivity contribution in [3.05, 3.63) is 59.0 Å². The van der Waals surface area contributed by atoms with Gasteiger partial charge in [-0.3, -0.25) is 0 Å². The summed E-state index contributed by atoms with van der Waals surface area (Å²) < 4.78 is 16.9. The first-order valence-corrected chi connectivity index (χ1v) is 8.05. The molecule has 6 nitrogen and oxygen atoms in total. The molecular formula is C17H12N2O4S. The van der Waals surface area contributed by atoms with Gasteiger partial charge in [0.25, 0.3) is 11.8 Å². The van der Waals surface area contributed by atoms with E-state index in [0.717, 1.165) is 15.6 Å². The zero-order valence-corrected chi connectivity index (χ0v) is 13.5. The number of nitrogens with zero attached hydrogens (tertiary/aromatic N) is 2. The predicted molar refractivity (Wildman–Crippen MR) is 87.7 cm³/mol. The van der Waals surface area contributed by atoms with Gasteiger partial charge in [-0.05, 0) is 36.1 Å². The van der Waals surface area contributed by atoms with E-state index in [1.54, 1.807) is 12.1 Å². The first-order valence-electron chi connectivity index (χ1n) is 7.24.